The lowest BCUT2D eigenvalue weighted by molar-refractivity contribution is -0.384. The van der Waals surface area contributed by atoms with Gasteiger partial charge in [0.15, 0.2) is 15.6 Å². The SMILES string of the molecule is COc1nc2[nH]cc(F)c2cc1Oc1cc(N2CCC3(CC2)CC(N2CCS(=O)(=O)C[C@H]2c2ccccc2C(C)C)C3)ccc1C(=O)NS(=O)(=O)c1cnc(NCC2CCC(C)(O)CC2)c([N+](=O)[O-])c1. The van der Waals surface area contributed by atoms with E-state index in [0.717, 1.165) is 49.7 Å². The smallest absolute Gasteiger partial charge is 0.312 e. The van der Waals surface area contributed by atoms with Gasteiger partial charge in [-0.15, -0.1) is 0 Å². The maximum Gasteiger partial charge on any atom is 0.312 e. The van der Waals surface area contributed by atoms with Crippen molar-refractivity contribution >= 4 is 54.0 Å². The number of fused-ring (bicyclic) bond motifs is 1. The van der Waals surface area contributed by atoms with Crippen molar-refractivity contribution < 1.29 is 45.5 Å². The number of methoxy groups -OCH3 is 1. The van der Waals surface area contributed by atoms with Crippen molar-refractivity contribution in [3.63, 3.8) is 0 Å². The molecule has 5 heterocycles. The van der Waals surface area contributed by atoms with E-state index >= 15 is 0 Å². The number of sulfonamides is 1. The Hall–Kier alpha value is -5.90. The van der Waals surface area contributed by atoms with Crippen molar-refractivity contribution in [2.24, 2.45) is 11.3 Å². The van der Waals surface area contributed by atoms with Crippen molar-refractivity contribution in [3.8, 4) is 17.4 Å². The first-order valence-electron chi connectivity index (χ1n) is 23.7. The Morgan fingerprint density at radius 3 is 2.49 bits per heavy atom. The molecule has 1 spiro atoms. The zero-order valence-corrected chi connectivity index (χ0v) is 41.2. The number of pyridine rings is 2. The maximum atomic E-state index is 14.8. The lowest BCUT2D eigenvalue weighted by atomic mass is 9.59. The van der Waals surface area contributed by atoms with Crippen molar-refractivity contribution in [2.45, 2.75) is 101 Å². The number of halogens is 1. The molecule has 1 amide bonds. The number of benzene rings is 2. The molecule has 4 fully saturated rings. The average molecular weight is 1000 g/mol. The minimum absolute atomic E-state index is 0.0399. The second-order valence-corrected chi connectivity index (χ2v) is 24.0. The Kier molecular flexibility index (Phi) is 13.3. The fourth-order valence-electron chi connectivity index (χ4n) is 10.8. The minimum Gasteiger partial charge on any atom is -0.478 e. The van der Waals surface area contributed by atoms with Gasteiger partial charge in [-0.05, 0) is 98.8 Å². The maximum absolute atomic E-state index is 14.8. The molecule has 9 rings (SSSR count). The molecular weight excluding hydrogens is 944 g/mol. The highest BCUT2D eigenvalue weighted by molar-refractivity contribution is 7.91. The fourth-order valence-corrected chi connectivity index (χ4v) is 13.3. The highest BCUT2D eigenvalue weighted by Gasteiger charge is 2.51. The molecule has 3 aromatic heterocycles. The summed E-state index contributed by atoms with van der Waals surface area (Å²) in [4.78, 5) is 40.6. The van der Waals surface area contributed by atoms with Crippen LogP contribution in [0, 0.1) is 27.3 Å². The van der Waals surface area contributed by atoms with Gasteiger partial charge in [0, 0.05) is 68.3 Å². The summed E-state index contributed by atoms with van der Waals surface area (Å²) in [5.74, 6) is -1.42. The zero-order chi connectivity index (χ0) is 49.8. The van der Waals surface area contributed by atoms with E-state index in [1.165, 1.54) is 24.8 Å². The van der Waals surface area contributed by atoms with Crippen LogP contribution in [0.15, 0.2) is 71.9 Å². The number of hydrogen-bond donors (Lipinski definition) is 4. The molecule has 2 aliphatic heterocycles. The number of rotatable bonds is 14. The highest BCUT2D eigenvalue weighted by atomic mass is 32.2. The van der Waals surface area contributed by atoms with E-state index < -0.39 is 52.7 Å². The van der Waals surface area contributed by atoms with Crippen LogP contribution in [0.3, 0.4) is 0 Å². The third-order valence-corrected chi connectivity index (χ3v) is 17.9. The quantitative estimate of drug-likeness (QED) is 0.0618. The molecule has 5 aromatic rings. The van der Waals surface area contributed by atoms with Gasteiger partial charge < -0.3 is 29.8 Å². The summed E-state index contributed by atoms with van der Waals surface area (Å²) in [7, 11) is -6.61. The molecule has 4 aliphatic rings. The van der Waals surface area contributed by atoms with E-state index in [4.69, 9.17) is 9.47 Å². The number of hydrogen-bond acceptors (Lipinski definition) is 15. The van der Waals surface area contributed by atoms with E-state index in [2.05, 4.69) is 56.0 Å². The minimum atomic E-state index is -4.75. The third kappa shape index (κ3) is 10.2. The van der Waals surface area contributed by atoms with Gasteiger partial charge in [-0.1, -0.05) is 38.1 Å². The Morgan fingerprint density at radius 2 is 1.79 bits per heavy atom. The molecule has 0 bridgehead atoms. The van der Waals surface area contributed by atoms with Crippen molar-refractivity contribution in [1.29, 1.82) is 0 Å². The number of anilines is 2. The first-order chi connectivity index (χ1) is 33.2. The van der Waals surface area contributed by atoms with Crippen LogP contribution in [-0.2, 0) is 19.9 Å². The van der Waals surface area contributed by atoms with Crippen LogP contribution in [0.1, 0.15) is 106 Å². The van der Waals surface area contributed by atoms with Crippen LogP contribution >= 0.6 is 0 Å². The van der Waals surface area contributed by atoms with Crippen LogP contribution in [0.5, 0.6) is 17.4 Å². The number of aliphatic hydroxyl groups is 1. The van der Waals surface area contributed by atoms with Crippen LogP contribution < -0.4 is 24.4 Å². The summed E-state index contributed by atoms with van der Waals surface area (Å²) in [5, 5.41) is 25.5. The molecule has 1 atom stereocenters. The Morgan fingerprint density at radius 1 is 1.06 bits per heavy atom. The molecule has 18 nitrogen and oxygen atoms in total. The molecule has 21 heteroatoms. The topological polar surface area (TPSA) is 239 Å². The molecule has 2 aliphatic carbocycles. The van der Waals surface area contributed by atoms with Gasteiger partial charge in [0.1, 0.15) is 22.1 Å². The van der Waals surface area contributed by atoms with E-state index in [1.54, 1.807) is 19.1 Å². The molecule has 2 saturated heterocycles. The molecule has 0 unspecified atom stereocenters. The van der Waals surface area contributed by atoms with Crippen molar-refractivity contribution in [2.75, 3.05) is 55.0 Å². The average Bonchev–Trinajstić information content (AvgIpc) is 3.68. The number of aromatic nitrogens is 3. The monoisotopic (exact) mass is 1000 g/mol. The number of nitrogens with one attached hydrogen (secondary N) is 3. The largest absolute Gasteiger partial charge is 0.478 e. The lowest BCUT2D eigenvalue weighted by Gasteiger charge is -2.57. The normalized spacial score (nSPS) is 22.7. The second kappa shape index (κ2) is 19.0. The first-order valence-corrected chi connectivity index (χ1v) is 27.0. The van der Waals surface area contributed by atoms with Crippen LogP contribution in [0.2, 0.25) is 0 Å². The molecule has 70 heavy (non-hydrogen) atoms. The highest BCUT2D eigenvalue weighted by Crippen LogP contribution is 2.53. The number of piperidine rings is 1. The lowest BCUT2D eigenvalue weighted by Crippen LogP contribution is -2.58. The van der Waals surface area contributed by atoms with Crippen LogP contribution in [-0.4, -0.2) is 109 Å². The van der Waals surface area contributed by atoms with Gasteiger partial charge in [0.2, 0.25) is 5.82 Å². The molecule has 2 aromatic carbocycles. The number of sulfone groups is 1. The van der Waals surface area contributed by atoms with Gasteiger partial charge in [-0.25, -0.2) is 30.9 Å². The fraction of sp³-hybridized carbons (Fsp3) is 0.490. The standard InChI is InChI=1S/C49H59FN8O10S2/c1-30(2)35-7-5-6-8-36(35)41-29-69(63,64)20-19-57(41)33-24-49(25-33)15-17-56(18-16-49)32-9-10-37(42(21-32)68-43-23-38-39(50)28-53-44(38)54-47(43)67-4)46(59)55-70(65,66)34-22-40(58(61)62)45(52-27-34)51-26-31-11-13-48(3,60)14-12-31/h5-10,21-23,27-28,30-31,33,41,60H,11-20,24-26,29H2,1-4H3,(H,51,52)(H,53,54)(H,55,59)/t31?,41-,48?/m0/s1. The predicted octanol–water partition coefficient (Wildman–Crippen LogP) is 7.62. The number of amides is 1. The van der Waals surface area contributed by atoms with Crippen LogP contribution in [0.25, 0.3) is 11.0 Å². The predicted molar refractivity (Wildman–Crippen MR) is 261 cm³/mol. The van der Waals surface area contributed by atoms with E-state index in [1.807, 2.05) is 16.9 Å². The summed E-state index contributed by atoms with van der Waals surface area (Å²) in [6.07, 6.45) is 8.24. The first kappa shape index (κ1) is 49.1. The molecule has 4 N–H and O–H groups in total. The Balaban J connectivity index is 0.934. The number of H-pyrrole nitrogens is 1. The molecule has 0 radical (unpaired) electrons. The Labute approximate surface area is 406 Å². The second-order valence-electron chi connectivity index (χ2n) is 20.1. The Bertz CT molecular complexity index is 3030. The van der Waals surface area contributed by atoms with Crippen molar-refractivity contribution in [1.82, 2.24) is 24.6 Å². The summed E-state index contributed by atoms with van der Waals surface area (Å²) < 4.78 is 82.2. The van der Waals surface area contributed by atoms with Crippen molar-refractivity contribution in [3.05, 3.63) is 99.6 Å². The molecular formula is C49H59FN8O10S2. The zero-order valence-electron chi connectivity index (χ0n) is 39.6. The number of carbonyl (C=O) groups is 1. The number of aromatic amines is 1. The molecule has 374 valence electrons. The van der Waals surface area contributed by atoms with Gasteiger partial charge >= 0.3 is 5.69 Å². The third-order valence-electron chi connectivity index (χ3n) is 14.9. The summed E-state index contributed by atoms with van der Waals surface area (Å²) in [6, 6.07) is 15.1. The van der Waals surface area contributed by atoms with E-state index in [0.29, 0.717) is 57.5 Å². The number of carbonyl (C=O) groups excluding carboxylic acids is 1. The van der Waals surface area contributed by atoms with Crippen LogP contribution in [0.4, 0.5) is 21.6 Å². The van der Waals surface area contributed by atoms with Gasteiger partial charge in [0.25, 0.3) is 21.8 Å². The summed E-state index contributed by atoms with van der Waals surface area (Å²) in [6.45, 7) is 8.18. The molecule has 2 saturated carbocycles. The number of nitro groups is 1. The summed E-state index contributed by atoms with van der Waals surface area (Å²) >= 11 is 0. The van der Waals surface area contributed by atoms with E-state index in [9.17, 15) is 41.2 Å². The van der Waals surface area contributed by atoms with E-state index in [-0.39, 0.29) is 80.6 Å². The van der Waals surface area contributed by atoms with Gasteiger partial charge in [-0.3, -0.25) is 19.8 Å². The summed E-state index contributed by atoms with van der Waals surface area (Å²) in [5.41, 5.74) is 1.61. The van der Waals surface area contributed by atoms with Gasteiger partial charge in [-0.2, -0.15) is 4.98 Å². The van der Waals surface area contributed by atoms with Gasteiger partial charge in [0.05, 0.1) is 46.3 Å². The number of ether oxygens (including phenoxy) is 2. The number of nitrogens with zero attached hydrogens (tertiary/aromatic N) is 5.